The van der Waals surface area contributed by atoms with Gasteiger partial charge < -0.3 is 10.4 Å². The number of carboxylic acids is 1. The first-order chi connectivity index (χ1) is 7.91. The standard InChI is InChI=1S/C13H17NO3/c1-8(2)10-4-6-11(7-5-10)12(15)14-9(3)13(16)17/h4-9H,1-3H3,(H,14,15)(H,16,17)/t9-/m1/s1. The van der Waals surface area contributed by atoms with Crippen LogP contribution in [0.2, 0.25) is 0 Å². The topological polar surface area (TPSA) is 66.4 Å². The van der Waals surface area contributed by atoms with Gasteiger partial charge in [-0.25, -0.2) is 0 Å². The summed E-state index contributed by atoms with van der Waals surface area (Å²) in [7, 11) is 0. The van der Waals surface area contributed by atoms with E-state index in [1.807, 2.05) is 12.1 Å². The summed E-state index contributed by atoms with van der Waals surface area (Å²) in [4.78, 5) is 22.3. The van der Waals surface area contributed by atoms with Crippen molar-refractivity contribution in [1.29, 1.82) is 0 Å². The van der Waals surface area contributed by atoms with Crippen LogP contribution in [-0.2, 0) is 4.79 Å². The summed E-state index contributed by atoms with van der Waals surface area (Å²) in [5.41, 5.74) is 1.62. The number of rotatable bonds is 4. The van der Waals surface area contributed by atoms with Crippen molar-refractivity contribution < 1.29 is 14.7 Å². The average molecular weight is 235 g/mol. The molecule has 1 rings (SSSR count). The smallest absolute Gasteiger partial charge is 0.325 e. The molecule has 0 saturated heterocycles. The Bertz CT molecular complexity index is 409. The van der Waals surface area contributed by atoms with Gasteiger partial charge in [-0.1, -0.05) is 26.0 Å². The molecule has 0 aliphatic carbocycles. The molecule has 0 fully saturated rings. The normalized spacial score (nSPS) is 12.2. The largest absolute Gasteiger partial charge is 0.480 e. The molecule has 4 nitrogen and oxygen atoms in total. The summed E-state index contributed by atoms with van der Waals surface area (Å²) in [5.74, 6) is -1.00. The van der Waals surface area contributed by atoms with Gasteiger partial charge in [0.2, 0.25) is 0 Å². The van der Waals surface area contributed by atoms with E-state index in [0.717, 1.165) is 5.56 Å². The molecule has 1 aromatic rings. The van der Waals surface area contributed by atoms with Crippen molar-refractivity contribution in [2.75, 3.05) is 0 Å². The van der Waals surface area contributed by atoms with E-state index < -0.39 is 12.0 Å². The van der Waals surface area contributed by atoms with Crippen LogP contribution in [0, 0.1) is 0 Å². The van der Waals surface area contributed by atoms with Crippen LogP contribution in [0.5, 0.6) is 0 Å². The van der Waals surface area contributed by atoms with Crippen molar-refractivity contribution in [1.82, 2.24) is 5.32 Å². The lowest BCUT2D eigenvalue weighted by Crippen LogP contribution is -2.38. The third-order valence-electron chi connectivity index (χ3n) is 2.56. The molecule has 2 N–H and O–H groups in total. The molecular weight excluding hydrogens is 218 g/mol. The highest BCUT2D eigenvalue weighted by Gasteiger charge is 2.15. The Hall–Kier alpha value is -1.84. The minimum absolute atomic E-state index is 0.366. The molecule has 4 heteroatoms. The first kappa shape index (κ1) is 13.2. The van der Waals surface area contributed by atoms with E-state index in [1.54, 1.807) is 12.1 Å². The van der Waals surface area contributed by atoms with E-state index >= 15 is 0 Å². The Balaban J connectivity index is 2.73. The van der Waals surface area contributed by atoms with Crippen LogP contribution < -0.4 is 5.32 Å². The Kier molecular flexibility index (Phi) is 4.26. The monoisotopic (exact) mass is 235 g/mol. The lowest BCUT2D eigenvalue weighted by molar-refractivity contribution is -0.138. The second kappa shape index (κ2) is 5.48. The van der Waals surface area contributed by atoms with E-state index in [2.05, 4.69) is 19.2 Å². The van der Waals surface area contributed by atoms with Crippen LogP contribution in [0.15, 0.2) is 24.3 Å². The molecule has 0 heterocycles. The number of hydrogen-bond donors (Lipinski definition) is 2. The van der Waals surface area contributed by atoms with Crippen LogP contribution >= 0.6 is 0 Å². The number of hydrogen-bond acceptors (Lipinski definition) is 2. The lowest BCUT2D eigenvalue weighted by atomic mass is 10.0. The Morgan fingerprint density at radius 1 is 1.12 bits per heavy atom. The SMILES string of the molecule is CC(C)c1ccc(C(=O)N[C@H](C)C(=O)O)cc1. The lowest BCUT2D eigenvalue weighted by Gasteiger charge is -2.10. The molecule has 0 bridgehead atoms. The van der Waals surface area contributed by atoms with Crippen molar-refractivity contribution in [2.24, 2.45) is 0 Å². The number of carbonyl (C=O) groups is 2. The highest BCUT2D eigenvalue weighted by atomic mass is 16.4. The molecule has 1 amide bonds. The van der Waals surface area contributed by atoms with Gasteiger partial charge in [0.1, 0.15) is 6.04 Å². The van der Waals surface area contributed by atoms with E-state index in [1.165, 1.54) is 6.92 Å². The van der Waals surface area contributed by atoms with Gasteiger partial charge in [-0.3, -0.25) is 9.59 Å². The van der Waals surface area contributed by atoms with Gasteiger partial charge in [0.05, 0.1) is 0 Å². The van der Waals surface area contributed by atoms with Gasteiger partial charge in [0, 0.05) is 5.56 Å². The summed E-state index contributed by atoms with van der Waals surface area (Å²) in [5, 5.41) is 11.1. The molecule has 1 aromatic carbocycles. The van der Waals surface area contributed by atoms with Crippen LogP contribution in [-0.4, -0.2) is 23.0 Å². The quantitative estimate of drug-likeness (QED) is 0.839. The Morgan fingerprint density at radius 3 is 2.06 bits per heavy atom. The molecule has 17 heavy (non-hydrogen) atoms. The molecule has 1 atom stereocenters. The second-order valence-electron chi connectivity index (χ2n) is 4.31. The minimum Gasteiger partial charge on any atom is -0.480 e. The fourth-order valence-corrected chi connectivity index (χ4v) is 1.36. The van der Waals surface area contributed by atoms with Gasteiger partial charge >= 0.3 is 5.97 Å². The molecule has 0 radical (unpaired) electrons. The van der Waals surface area contributed by atoms with Crippen molar-refractivity contribution >= 4 is 11.9 Å². The number of aliphatic carboxylic acids is 1. The van der Waals surface area contributed by atoms with E-state index in [9.17, 15) is 9.59 Å². The van der Waals surface area contributed by atoms with Crippen molar-refractivity contribution in [2.45, 2.75) is 32.7 Å². The molecule has 0 aliphatic rings. The maximum atomic E-state index is 11.7. The number of carboxylic acid groups (broad SMARTS) is 1. The van der Waals surface area contributed by atoms with Gasteiger partial charge in [-0.15, -0.1) is 0 Å². The maximum Gasteiger partial charge on any atom is 0.325 e. The predicted octanol–water partition coefficient (Wildman–Crippen LogP) is 2.01. The van der Waals surface area contributed by atoms with Gasteiger partial charge in [0.15, 0.2) is 0 Å². The zero-order valence-corrected chi connectivity index (χ0v) is 10.2. The van der Waals surface area contributed by atoms with Crippen LogP contribution in [0.3, 0.4) is 0 Å². The first-order valence-corrected chi connectivity index (χ1v) is 5.55. The highest BCUT2D eigenvalue weighted by Crippen LogP contribution is 2.14. The number of nitrogens with one attached hydrogen (secondary N) is 1. The maximum absolute atomic E-state index is 11.7. The number of carbonyl (C=O) groups excluding carboxylic acids is 1. The Labute approximate surface area is 101 Å². The highest BCUT2D eigenvalue weighted by molar-refractivity contribution is 5.96. The number of amides is 1. The van der Waals surface area contributed by atoms with Crippen LogP contribution in [0.25, 0.3) is 0 Å². The third kappa shape index (κ3) is 3.59. The molecule has 0 aromatic heterocycles. The fourth-order valence-electron chi connectivity index (χ4n) is 1.36. The molecule has 0 saturated carbocycles. The van der Waals surface area contributed by atoms with Crippen molar-refractivity contribution in [3.63, 3.8) is 0 Å². The molecular formula is C13H17NO3. The number of benzene rings is 1. The molecule has 0 unspecified atom stereocenters. The summed E-state index contributed by atoms with van der Waals surface area (Å²) in [6.45, 7) is 5.58. The molecule has 0 spiro atoms. The first-order valence-electron chi connectivity index (χ1n) is 5.55. The van der Waals surface area contributed by atoms with E-state index in [0.29, 0.717) is 11.5 Å². The van der Waals surface area contributed by atoms with Crippen molar-refractivity contribution in [3.8, 4) is 0 Å². The zero-order valence-electron chi connectivity index (χ0n) is 10.2. The Morgan fingerprint density at radius 2 is 1.65 bits per heavy atom. The molecule has 92 valence electrons. The van der Waals surface area contributed by atoms with Gasteiger partial charge in [-0.2, -0.15) is 0 Å². The van der Waals surface area contributed by atoms with Crippen LogP contribution in [0.4, 0.5) is 0 Å². The van der Waals surface area contributed by atoms with Crippen LogP contribution in [0.1, 0.15) is 42.6 Å². The fraction of sp³-hybridized carbons (Fsp3) is 0.385. The second-order valence-corrected chi connectivity index (χ2v) is 4.31. The van der Waals surface area contributed by atoms with Crippen molar-refractivity contribution in [3.05, 3.63) is 35.4 Å². The van der Waals surface area contributed by atoms with E-state index in [4.69, 9.17) is 5.11 Å². The predicted molar refractivity (Wildman–Crippen MR) is 65.1 cm³/mol. The molecule has 0 aliphatic heterocycles. The van der Waals surface area contributed by atoms with Gasteiger partial charge in [-0.05, 0) is 30.5 Å². The average Bonchev–Trinajstić information content (AvgIpc) is 2.28. The third-order valence-corrected chi connectivity index (χ3v) is 2.56. The van der Waals surface area contributed by atoms with E-state index in [-0.39, 0.29) is 5.91 Å². The summed E-state index contributed by atoms with van der Waals surface area (Å²) in [6.07, 6.45) is 0. The zero-order chi connectivity index (χ0) is 13.0. The summed E-state index contributed by atoms with van der Waals surface area (Å²) in [6, 6.07) is 6.29. The minimum atomic E-state index is -1.04. The van der Waals surface area contributed by atoms with Gasteiger partial charge in [0.25, 0.3) is 5.91 Å². The summed E-state index contributed by atoms with van der Waals surface area (Å²) >= 11 is 0. The summed E-state index contributed by atoms with van der Waals surface area (Å²) < 4.78 is 0.